The highest BCUT2D eigenvalue weighted by Gasteiger charge is 2.13. The zero-order chi connectivity index (χ0) is 18.8. The minimum atomic E-state index is -0.310. The Morgan fingerprint density at radius 3 is 2.23 bits per heavy atom. The summed E-state index contributed by atoms with van der Waals surface area (Å²) in [5.41, 5.74) is 6.81. The lowest BCUT2D eigenvalue weighted by Crippen LogP contribution is -2.48. The second-order valence-electron chi connectivity index (χ2n) is 5.79. The van der Waals surface area contributed by atoms with Crippen LogP contribution in [-0.2, 0) is 11.3 Å². The molecule has 2 aromatic rings. The summed E-state index contributed by atoms with van der Waals surface area (Å²) in [7, 11) is 0. The van der Waals surface area contributed by atoms with E-state index in [-0.39, 0.29) is 24.3 Å². The fourth-order valence-corrected chi connectivity index (χ4v) is 2.35. The molecule has 26 heavy (non-hydrogen) atoms. The molecule has 136 valence electrons. The van der Waals surface area contributed by atoms with Crippen molar-refractivity contribution in [3.8, 4) is 0 Å². The van der Waals surface area contributed by atoms with Crippen molar-refractivity contribution in [2.24, 2.45) is 0 Å². The van der Waals surface area contributed by atoms with E-state index in [1.165, 1.54) is 0 Å². The number of hydrogen-bond acceptors (Lipinski definition) is 3. The molecule has 2 amide bonds. The standard InChI is InChI=1S/C19H22N4O2S/c1-14(21-18(25)16-10-6-3-7-11-16)12-17(24)22-23-19(26)20-13-15-8-4-2-5-9-15/h2-11,14H,12-13H2,1H3,(H,21,25)(H,22,24)(H2,20,23,26). The van der Waals surface area contributed by atoms with Gasteiger partial charge in [0.15, 0.2) is 5.11 Å². The molecule has 0 heterocycles. The van der Waals surface area contributed by atoms with E-state index in [0.29, 0.717) is 17.2 Å². The first-order chi connectivity index (χ1) is 12.5. The molecule has 6 nitrogen and oxygen atoms in total. The van der Waals surface area contributed by atoms with E-state index in [9.17, 15) is 9.59 Å². The van der Waals surface area contributed by atoms with E-state index in [2.05, 4.69) is 21.5 Å². The predicted octanol–water partition coefficient (Wildman–Crippen LogP) is 1.89. The Balaban J connectivity index is 1.66. The van der Waals surface area contributed by atoms with E-state index in [4.69, 9.17) is 12.2 Å². The van der Waals surface area contributed by atoms with Crippen molar-refractivity contribution < 1.29 is 9.59 Å². The Morgan fingerprint density at radius 1 is 0.962 bits per heavy atom. The number of hydrogen-bond donors (Lipinski definition) is 4. The van der Waals surface area contributed by atoms with Crippen LogP contribution in [0.4, 0.5) is 0 Å². The SMILES string of the molecule is CC(CC(=O)NNC(=S)NCc1ccccc1)NC(=O)c1ccccc1. The van der Waals surface area contributed by atoms with Crippen molar-refractivity contribution in [1.82, 2.24) is 21.5 Å². The molecule has 0 saturated heterocycles. The summed E-state index contributed by atoms with van der Waals surface area (Å²) in [6.45, 7) is 2.33. The van der Waals surface area contributed by atoms with Crippen LogP contribution in [-0.4, -0.2) is 23.0 Å². The molecular weight excluding hydrogens is 348 g/mol. The summed E-state index contributed by atoms with van der Waals surface area (Å²) >= 11 is 5.11. The van der Waals surface area contributed by atoms with Gasteiger partial charge in [-0.3, -0.25) is 20.4 Å². The van der Waals surface area contributed by atoms with Gasteiger partial charge >= 0.3 is 0 Å². The van der Waals surface area contributed by atoms with Gasteiger partial charge < -0.3 is 10.6 Å². The van der Waals surface area contributed by atoms with Crippen LogP contribution in [0.1, 0.15) is 29.3 Å². The van der Waals surface area contributed by atoms with Gasteiger partial charge in [0, 0.05) is 24.6 Å². The van der Waals surface area contributed by atoms with E-state index < -0.39 is 0 Å². The van der Waals surface area contributed by atoms with Crippen LogP contribution < -0.4 is 21.5 Å². The predicted molar refractivity (Wildman–Crippen MR) is 105 cm³/mol. The molecule has 0 aromatic heterocycles. The summed E-state index contributed by atoms with van der Waals surface area (Å²) in [5, 5.41) is 6.10. The number of thiocarbonyl (C=S) groups is 1. The molecule has 7 heteroatoms. The first-order valence-corrected chi connectivity index (χ1v) is 8.68. The van der Waals surface area contributed by atoms with Gasteiger partial charge in [-0.2, -0.15) is 0 Å². The van der Waals surface area contributed by atoms with Crippen LogP contribution in [0.2, 0.25) is 0 Å². The van der Waals surface area contributed by atoms with Crippen molar-refractivity contribution in [1.29, 1.82) is 0 Å². The number of nitrogens with one attached hydrogen (secondary N) is 4. The van der Waals surface area contributed by atoms with Crippen LogP contribution in [0.5, 0.6) is 0 Å². The summed E-state index contributed by atoms with van der Waals surface area (Å²) in [6.07, 6.45) is 0.132. The molecule has 4 N–H and O–H groups in total. The fourth-order valence-electron chi connectivity index (χ4n) is 2.23. The minimum Gasteiger partial charge on any atom is -0.357 e. The maximum absolute atomic E-state index is 12.0. The van der Waals surface area contributed by atoms with Crippen LogP contribution in [0.25, 0.3) is 0 Å². The Kier molecular flexibility index (Phi) is 7.57. The Bertz CT molecular complexity index is 738. The zero-order valence-corrected chi connectivity index (χ0v) is 15.3. The highest BCUT2D eigenvalue weighted by atomic mass is 32.1. The molecule has 2 rings (SSSR count). The summed E-state index contributed by atoms with van der Waals surface area (Å²) in [4.78, 5) is 24.0. The number of hydrazine groups is 1. The third-order valence-corrected chi connectivity index (χ3v) is 3.76. The van der Waals surface area contributed by atoms with Gasteiger partial charge in [0.25, 0.3) is 5.91 Å². The lowest BCUT2D eigenvalue weighted by atomic mass is 10.2. The van der Waals surface area contributed by atoms with Gasteiger partial charge in [0.2, 0.25) is 5.91 Å². The number of carbonyl (C=O) groups is 2. The van der Waals surface area contributed by atoms with Crippen LogP contribution >= 0.6 is 12.2 Å². The van der Waals surface area contributed by atoms with Gasteiger partial charge in [0.1, 0.15) is 0 Å². The van der Waals surface area contributed by atoms with Crippen molar-refractivity contribution in [2.45, 2.75) is 25.9 Å². The normalized spacial score (nSPS) is 11.1. The van der Waals surface area contributed by atoms with Crippen molar-refractivity contribution in [3.63, 3.8) is 0 Å². The molecule has 0 spiro atoms. The summed E-state index contributed by atoms with van der Waals surface area (Å²) in [5.74, 6) is -0.478. The van der Waals surface area contributed by atoms with Crippen LogP contribution in [0.3, 0.4) is 0 Å². The van der Waals surface area contributed by atoms with Gasteiger partial charge in [-0.15, -0.1) is 0 Å². The van der Waals surface area contributed by atoms with Gasteiger partial charge in [-0.05, 0) is 36.8 Å². The van der Waals surface area contributed by atoms with Crippen LogP contribution in [0, 0.1) is 0 Å². The molecule has 0 aliphatic rings. The molecular formula is C19H22N4O2S. The highest BCUT2D eigenvalue weighted by Crippen LogP contribution is 2.00. The largest absolute Gasteiger partial charge is 0.357 e. The number of rotatable bonds is 6. The van der Waals surface area contributed by atoms with Gasteiger partial charge in [-0.25, -0.2) is 0 Å². The van der Waals surface area contributed by atoms with Crippen molar-refractivity contribution in [3.05, 3.63) is 71.8 Å². The molecule has 0 aliphatic carbocycles. The van der Waals surface area contributed by atoms with Gasteiger partial charge in [-0.1, -0.05) is 48.5 Å². The monoisotopic (exact) mass is 370 g/mol. The van der Waals surface area contributed by atoms with Crippen LogP contribution in [0.15, 0.2) is 60.7 Å². The molecule has 1 atom stereocenters. The number of carbonyl (C=O) groups excluding carboxylic acids is 2. The quantitative estimate of drug-likeness (QED) is 0.461. The van der Waals surface area contributed by atoms with E-state index in [1.807, 2.05) is 36.4 Å². The van der Waals surface area contributed by atoms with E-state index in [1.54, 1.807) is 31.2 Å². The molecule has 2 aromatic carbocycles. The molecule has 0 aliphatic heterocycles. The lowest BCUT2D eigenvalue weighted by molar-refractivity contribution is -0.122. The highest BCUT2D eigenvalue weighted by molar-refractivity contribution is 7.80. The molecule has 0 fully saturated rings. The first kappa shape index (κ1) is 19.4. The third-order valence-electron chi connectivity index (χ3n) is 3.52. The molecule has 0 bridgehead atoms. The summed E-state index contributed by atoms with van der Waals surface area (Å²) in [6, 6.07) is 18.3. The topological polar surface area (TPSA) is 82.3 Å². The fraction of sp³-hybridized carbons (Fsp3) is 0.211. The smallest absolute Gasteiger partial charge is 0.251 e. The molecule has 1 unspecified atom stereocenters. The summed E-state index contributed by atoms with van der Waals surface area (Å²) < 4.78 is 0. The Labute approximate surface area is 158 Å². The van der Waals surface area contributed by atoms with E-state index >= 15 is 0 Å². The van der Waals surface area contributed by atoms with Crippen molar-refractivity contribution in [2.75, 3.05) is 0 Å². The lowest BCUT2D eigenvalue weighted by Gasteiger charge is -2.15. The molecule has 0 saturated carbocycles. The van der Waals surface area contributed by atoms with Gasteiger partial charge in [0.05, 0.1) is 0 Å². The first-order valence-electron chi connectivity index (χ1n) is 8.27. The number of benzene rings is 2. The average Bonchev–Trinajstić information content (AvgIpc) is 2.66. The second kappa shape index (κ2) is 10.1. The average molecular weight is 370 g/mol. The second-order valence-corrected chi connectivity index (χ2v) is 6.19. The minimum absolute atomic E-state index is 0.132. The maximum atomic E-state index is 12.0. The Morgan fingerprint density at radius 2 is 1.58 bits per heavy atom. The zero-order valence-electron chi connectivity index (χ0n) is 14.5. The van der Waals surface area contributed by atoms with E-state index in [0.717, 1.165) is 5.56 Å². The van der Waals surface area contributed by atoms with Crippen molar-refractivity contribution >= 4 is 29.1 Å². The maximum Gasteiger partial charge on any atom is 0.251 e. The molecule has 0 radical (unpaired) electrons. The third kappa shape index (κ3) is 6.90. The number of amides is 2. The Hall–Kier alpha value is -2.93.